The molecule has 2 aliphatic rings. The fraction of sp³-hybridized carbons (Fsp3) is 0.571. The van der Waals surface area contributed by atoms with Gasteiger partial charge in [0.25, 0.3) is 0 Å². The van der Waals surface area contributed by atoms with Crippen molar-refractivity contribution in [3.8, 4) is 0 Å². The molecule has 1 fully saturated rings. The molecule has 0 aliphatic carbocycles. The number of rotatable bonds is 2. The molecule has 1 aromatic carbocycles. The van der Waals surface area contributed by atoms with Gasteiger partial charge in [0, 0.05) is 18.1 Å². The van der Waals surface area contributed by atoms with Gasteiger partial charge in [-0.3, -0.25) is 4.90 Å². The first-order chi connectivity index (χ1) is 7.83. The van der Waals surface area contributed by atoms with Gasteiger partial charge < -0.3 is 0 Å². The van der Waals surface area contributed by atoms with Crippen LogP contribution < -0.4 is 0 Å². The Hall–Kier alpha value is -0.890. The van der Waals surface area contributed by atoms with Crippen molar-refractivity contribution in [3.05, 3.63) is 35.4 Å². The van der Waals surface area contributed by atoms with Gasteiger partial charge in [0.15, 0.2) is 0 Å². The van der Waals surface area contributed by atoms with Crippen LogP contribution in [0.2, 0.25) is 0 Å². The molecule has 0 N–H and O–H groups in total. The maximum absolute atomic E-state index is 12.9. The van der Waals surface area contributed by atoms with E-state index in [-0.39, 0.29) is 12.7 Å². The first kappa shape index (κ1) is 10.3. The Morgan fingerprint density at radius 3 is 2.31 bits per heavy atom. The van der Waals surface area contributed by atoms with Crippen LogP contribution in [0.3, 0.4) is 0 Å². The zero-order valence-electron chi connectivity index (χ0n) is 9.70. The van der Waals surface area contributed by atoms with E-state index < -0.39 is 0 Å². The van der Waals surface area contributed by atoms with E-state index in [1.807, 2.05) is 6.92 Å². The molecule has 2 aliphatic heterocycles. The lowest BCUT2D eigenvalue weighted by Gasteiger charge is -2.38. The summed E-state index contributed by atoms with van der Waals surface area (Å²) >= 11 is 0. The molecule has 0 amide bonds. The van der Waals surface area contributed by atoms with Crippen molar-refractivity contribution in [2.75, 3.05) is 6.67 Å². The summed E-state index contributed by atoms with van der Waals surface area (Å²) in [5.74, 6) is 0. The fourth-order valence-electron chi connectivity index (χ4n) is 3.46. The normalized spacial score (nSPS) is 30.1. The monoisotopic (exact) mass is 219 g/mol. The summed E-state index contributed by atoms with van der Waals surface area (Å²) < 4.78 is 12.9. The Kier molecular flexibility index (Phi) is 2.47. The molecule has 1 saturated heterocycles. The summed E-state index contributed by atoms with van der Waals surface area (Å²) in [5.41, 5.74) is 2.90. The van der Waals surface area contributed by atoms with Crippen LogP contribution in [0.1, 0.15) is 49.4 Å². The third-order valence-electron chi connectivity index (χ3n) is 4.12. The smallest absolute Gasteiger partial charge is 0.105 e. The van der Waals surface area contributed by atoms with Crippen LogP contribution in [-0.2, 0) is 0 Å². The molecule has 3 atom stereocenters. The Morgan fingerprint density at radius 2 is 1.81 bits per heavy atom. The molecule has 16 heavy (non-hydrogen) atoms. The Labute approximate surface area is 96.3 Å². The lowest BCUT2D eigenvalue weighted by Crippen LogP contribution is -2.38. The average Bonchev–Trinajstić information content (AvgIpc) is 2.54. The van der Waals surface area contributed by atoms with E-state index in [0.717, 1.165) is 0 Å². The molecule has 2 heterocycles. The van der Waals surface area contributed by atoms with Crippen LogP contribution in [0.15, 0.2) is 24.3 Å². The first-order valence-electron chi connectivity index (χ1n) is 6.25. The minimum Gasteiger partial charge on any atom is -0.284 e. The third-order valence-corrected chi connectivity index (χ3v) is 4.12. The molecule has 1 aromatic rings. The number of benzene rings is 1. The van der Waals surface area contributed by atoms with E-state index in [4.69, 9.17) is 0 Å². The molecule has 2 bridgehead atoms. The van der Waals surface area contributed by atoms with Gasteiger partial charge in [-0.15, -0.1) is 0 Å². The minimum atomic E-state index is -0.235. The van der Waals surface area contributed by atoms with Crippen LogP contribution >= 0.6 is 0 Å². The largest absolute Gasteiger partial charge is 0.284 e. The topological polar surface area (TPSA) is 3.24 Å². The van der Waals surface area contributed by atoms with E-state index in [2.05, 4.69) is 29.2 Å². The molecule has 1 nitrogen and oxygen atoms in total. The van der Waals surface area contributed by atoms with Crippen LogP contribution in [0.4, 0.5) is 4.39 Å². The van der Waals surface area contributed by atoms with Crippen molar-refractivity contribution in [2.24, 2.45) is 0 Å². The molecular formula is C14H18FN. The third kappa shape index (κ3) is 1.32. The highest BCUT2D eigenvalue weighted by molar-refractivity contribution is 5.38. The van der Waals surface area contributed by atoms with Gasteiger partial charge >= 0.3 is 0 Å². The minimum absolute atomic E-state index is 0.0581. The van der Waals surface area contributed by atoms with Crippen molar-refractivity contribution in [1.82, 2.24) is 4.90 Å². The molecule has 0 saturated carbocycles. The number of nitrogens with zero attached hydrogens (tertiary/aromatic N) is 1. The molecule has 0 spiro atoms. The second-order valence-electron chi connectivity index (χ2n) is 5.04. The number of piperidine rings is 1. The predicted molar refractivity (Wildman–Crippen MR) is 63.1 cm³/mol. The number of halogens is 1. The second-order valence-corrected chi connectivity index (χ2v) is 5.04. The highest BCUT2D eigenvalue weighted by Crippen LogP contribution is 2.51. The lowest BCUT2D eigenvalue weighted by molar-refractivity contribution is 0.0543. The predicted octanol–water partition coefficient (Wildman–Crippen LogP) is 3.63. The van der Waals surface area contributed by atoms with Gasteiger partial charge in [-0.25, -0.2) is 4.39 Å². The quantitative estimate of drug-likeness (QED) is 0.734. The SMILES string of the molecule is CC(CF)N1C2CCCC1c1ccccc12. The van der Waals surface area contributed by atoms with Gasteiger partial charge in [0.1, 0.15) is 6.67 Å². The molecule has 86 valence electrons. The maximum atomic E-state index is 12.9. The molecule has 3 unspecified atom stereocenters. The van der Waals surface area contributed by atoms with E-state index in [1.54, 1.807) is 0 Å². The van der Waals surface area contributed by atoms with E-state index in [0.29, 0.717) is 12.1 Å². The Morgan fingerprint density at radius 1 is 1.25 bits per heavy atom. The Balaban J connectivity index is 2.03. The number of hydrogen-bond acceptors (Lipinski definition) is 1. The number of alkyl halides is 1. The molecular weight excluding hydrogens is 201 g/mol. The van der Waals surface area contributed by atoms with Crippen molar-refractivity contribution >= 4 is 0 Å². The summed E-state index contributed by atoms with van der Waals surface area (Å²) in [5, 5.41) is 0. The molecule has 2 heteroatoms. The summed E-state index contributed by atoms with van der Waals surface area (Å²) in [6.45, 7) is 1.78. The summed E-state index contributed by atoms with van der Waals surface area (Å²) in [6.07, 6.45) is 3.66. The van der Waals surface area contributed by atoms with Crippen molar-refractivity contribution in [3.63, 3.8) is 0 Å². The van der Waals surface area contributed by atoms with Crippen molar-refractivity contribution in [1.29, 1.82) is 0 Å². The Bertz CT molecular complexity index is 359. The maximum Gasteiger partial charge on any atom is 0.105 e. The summed E-state index contributed by atoms with van der Waals surface area (Å²) in [6, 6.07) is 9.67. The van der Waals surface area contributed by atoms with Crippen molar-refractivity contribution < 1.29 is 4.39 Å². The molecule has 3 rings (SSSR count). The highest BCUT2D eigenvalue weighted by atomic mass is 19.1. The van der Waals surface area contributed by atoms with Crippen LogP contribution in [-0.4, -0.2) is 17.6 Å². The molecule has 0 radical (unpaired) electrons. The standard InChI is InChI=1S/C14H18FN/c1-10(9-15)16-13-7-4-8-14(16)12-6-3-2-5-11(12)13/h2-3,5-6,10,13-14H,4,7-9H2,1H3. The fourth-order valence-corrected chi connectivity index (χ4v) is 3.46. The van der Waals surface area contributed by atoms with E-state index in [9.17, 15) is 4.39 Å². The zero-order valence-corrected chi connectivity index (χ0v) is 9.70. The van der Waals surface area contributed by atoms with Gasteiger partial charge in [-0.2, -0.15) is 0 Å². The van der Waals surface area contributed by atoms with Crippen molar-refractivity contribution in [2.45, 2.75) is 44.3 Å². The van der Waals surface area contributed by atoms with Gasteiger partial charge in [0.2, 0.25) is 0 Å². The average molecular weight is 219 g/mol. The van der Waals surface area contributed by atoms with E-state index >= 15 is 0 Å². The zero-order chi connectivity index (χ0) is 11.1. The van der Waals surface area contributed by atoms with Gasteiger partial charge in [-0.1, -0.05) is 24.3 Å². The van der Waals surface area contributed by atoms with Crippen LogP contribution in [0.25, 0.3) is 0 Å². The number of fused-ring (bicyclic) bond motifs is 5. The molecule has 0 aromatic heterocycles. The second kappa shape index (κ2) is 3.85. The van der Waals surface area contributed by atoms with Gasteiger partial charge in [0.05, 0.1) is 0 Å². The summed E-state index contributed by atoms with van der Waals surface area (Å²) in [4.78, 5) is 2.40. The van der Waals surface area contributed by atoms with E-state index in [1.165, 1.54) is 30.4 Å². The first-order valence-corrected chi connectivity index (χ1v) is 6.25. The van der Waals surface area contributed by atoms with Crippen LogP contribution in [0, 0.1) is 0 Å². The van der Waals surface area contributed by atoms with Gasteiger partial charge in [-0.05, 0) is 37.3 Å². The number of hydrogen-bond donors (Lipinski definition) is 0. The highest BCUT2D eigenvalue weighted by Gasteiger charge is 2.42. The summed E-state index contributed by atoms with van der Waals surface area (Å²) in [7, 11) is 0. The lowest BCUT2D eigenvalue weighted by atomic mass is 9.99. The van der Waals surface area contributed by atoms with Crippen LogP contribution in [0.5, 0.6) is 0 Å².